The van der Waals surface area contributed by atoms with Gasteiger partial charge in [-0.2, -0.15) is 0 Å². The minimum absolute atomic E-state index is 0.0900. The summed E-state index contributed by atoms with van der Waals surface area (Å²) in [6.45, 7) is 19.1. The molecule has 0 aliphatic carbocycles. The van der Waals surface area contributed by atoms with Gasteiger partial charge >= 0.3 is 0 Å². The van der Waals surface area contributed by atoms with Gasteiger partial charge < -0.3 is 4.43 Å². The van der Waals surface area contributed by atoms with Crippen LogP contribution < -0.4 is 4.72 Å². The molecule has 0 saturated heterocycles. The van der Waals surface area contributed by atoms with Gasteiger partial charge in [0.1, 0.15) is 0 Å². The summed E-state index contributed by atoms with van der Waals surface area (Å²) in [6.07, 6.45) is -0.203. The van der Waals surface area contributed by atoms with Crippen LogP contribution in [0.5, 0.6) is 0 Å². The van der Waals surface area contributed by atoms with Crippen LogP contribution in [-0.2, 0) is 15.4 Å². The van der Waals surface area contributed by atoms with Gasteiger partial charge in [0.15, 0.2) is 8.32 Å². The third kappa shape index (κ3) is 6.47. The summed E-state index contributed by atoms with van der Waals surface area (Å²) >= 11 is 6.21. The Morgan fingerprint density at radius 3 is 2.16 bits per heavy atom. The van der Waals surface area contributed by atoms with Crippen molar-refractivity contribution >= 4 is 30.9 Å². The summed E-state index contributed by atoms with van der Waals surface area (Å²) in [7, 11) is -3.17. The predicted molar refractivity (Wildman–Crippen MR) is 113 cm³/mol. The normalized spacial score (nSPS) is 17.2. The lowest BCUT2D eigenvalue weighted by Gasteiger charge is -2.41. The van der Waals surface area contributed by atoms with E-state index >= 15 is 0 Å². The number of halogens is 1. The first-order chi connectivity index (χ1) is 11.1. The number of benzene rings is 1. The topological polar surface area (TPSA) is 38.3 Å². The molecule has 0 aromatic heterocycles. The van der Waals surface area contributed by atoms with Crippen molar-refractivity contribution in [2.75, 3.05) is 0 Å². The summed E-state index contributed by atoms with van der Waals surface area (Å²) in [5.41, 5.74) is 1.02. The third-order valence-corrected chi connectivity index (χ3v) is 11.1. The van der Waals surface area contributed by atoms with Crippen molar-refractivity contribution in [3.05, 3.63) is 34.9 Å². The lowest BCUT2D eigenvalue weighted by Crippen LogP contribution is -2.47. The monoisotopic (exact) mass is 403 g/mol. The van der Waals surface area contributed by atoms with Crippen LogP contribution in [0.15, 0.2) is 24.3 Å². The van der Waals surface area contributed by atoms with E-state index in [1.165, 1.54) is 0 Å². The molecule has 0 radical (unpaired) electrons. The average Bonchev–Trinajstić information content (AvgIpc) is 2.42. The van der Waals surface area contributed by atoms with Crippen molar-refractivity contribution in [2.45, 2.75) is 83.5 Å². The molecule has 0 amide bonds. The van der Waals surface area contributed by atoms with Crippen molar-refractivity contribution < 1.29 is 8.63 Å². The molecule has 1 unspecified atom stereocenters. The molecule has 3 atom stereocenters. The van der Waals surface area contributed by atoms with Gasteiger partial charge in [-0.05, 0) is 63.5 Å². The highest BCUT2D eigenvalue weighted by Crippen LogP contribution is 2.40. The first kappa shape index (κ1) is 22.8. The van der Waals surface area contributed by atoms with E-state index in [4.69, 9.17) is 16.0 Å². The average molecular weight is 404 g/mol. The molecular weight excluding hydrogens is 370 g/mol. The Kier molecular flexibility index (Phi) is 7.51. The Morgan fingerprint density at radius 2 is 1.72 bits per heavy atom. The van der Waals surface area contributed by atoms with E-state index in [0.717, 1.165) is 5.56 Å². The molecule has 1 aromatic carbocycles. The maximum atomic E-state index is 12.6. The standard InChI is InChI=1S/C19H34ClNO2SSi/c1-14(21-24(22)18(2,3)4)17(15-11-10-12-16(20)13-15)23-25(8,9)19(5,6)7/h10-14,17,21H,1-9H3/t14-,17-,24?/m1/s1. The molecule has 3 nitrogen and oxygen atoms in total. The van der Waals surface area contributed by atoms with Crippen LogP contribution in [0.4, 0.5) is 0 Å². The first-order valence-electron chi connectivity index (χ1n) is 8.76. The van der Waals surface area contributed by atoms with Gasteiger partial charge in [0.25, 0.3) is 0 Å². The van der Waals surface area contributed by atoms with E-state index in [0.29, 0.717) is 5.02 Å². The van der Waals surface area contributed by atoms with E-state index < -0.39 is 19.3 Å². The molecule has 0 fully saturated rings. The zero-order chi connectivity index (χ0) is 19.6. The highest BCUT2D eigenvalue weighted by molar-refractivity contribution is 7.84. The Balaban J connectivity index is 3.18. The van der Waals surface area contributed by atoms with Gasteiger partial charge in [-0.25, -0.2) is 8.93 Å². The molecule has 1 rings (SSSR count). The van der Waals surface area contributed by atoms with Crippen molar-refractivity contribution in [2.24, 2.45) is 0 Å². The van der Waals surface area contributed by atoms with E-state index in [-0.39, 0.29) is 21.9 Å². The second-order valence-electron chi connectivity index (χ2n) is 9.14. The SMILES string of the molecule is C[C@@H](NS(=O)C(C)(C)C)[C@@H](O[Si](C)(C)C(C)(C)C)c1cccc(Cl)c1. The summed E-state index contributed by atoms with van der Waals surface area (Å²) < 4.78 is 22.2. The Hall–Kier alpha value is -0.203. The first-order valence-corrected chi connectivity index (χ1v) is 13.2. The minimum Gasteiger partial charge on any atom is -0.408 e. The molecule has 0 spiro atoms. The van der Waals surface area contributed by atoms with Crippen LogP contribution in [-0.4, -0.2) is 23.3 Å². The third-order valence-electron chi connectivity index (χ3n) is 4.71. The second kappa shape index (κ2) is 8.22. The number of rotatable bonds is 6. The summed E-state index contributed by atoms with van der Waals surface area (Å²) in [6, 6.07) is 7.67. The van der Waals surface area contributed by atoms with Gasteiger partial charge in [-0.1, -0.05) is 44.5 Å². The van der Waals surface area contributed by atoms with E-state index in [9.17, 15) is 4.21 Å². The minimum atomic E-state index is -2.01. The molecule has 25 heavy (non-hydrogen) atoms. The zero-order valence-electron chi connectivity index (χ0n) is 17.1. The van der Waals surface area contributed by atoms with Crippen molar-refractivity contribution in [1.82, 2.24) is 4.72 Å². The van der Waals surface area contributed by atoms with Crippen LogP contribution in [0.1, 0.15) is 60.1 Å². The smallest absolute Gasteiger partial charge is 0.192 e. The molecule has 144 valence electrons. The van der Waals surface area contributed by atoms with Crippen LogP contribution in [0.3, 0.4) is 0 Å². The molecule has 0 saturated carbocycles. The molecule has 1 N–H and O–H groups in total. The second-order valence-corrected chi connectivity index (χ2v) is 16.3. The van der Waals surface area contributed by atoms with Crippen molar-refractivity contribution in [3.63, 3.8) is 0 Å². The maximum absolute atomic E-state index is 12.6. The Morgan fingerprint density at radius 1 is 1.16 bits per heavy atom. The maximum Gasteiger partial charge on any atom is 0.192 e. The summed E-state index contributed by atoms with van der Waals surface area (Å²) in [4.78, 5) is 0. The highest BCUT2D eigenvalue weighted by atomic mass is 35.5. The lowest BCUT2D eigenvalue weighted by atomic mass is 10.0. The summed E-state index contributed by atoms with van der Waals surface area (Å²) in [5.74, 6) is 0. The molecule has 0 bridgehead atoms. The number of nitrogens with one attached hydrogen (secondary N) is 1. The lowest BCUT2D eigenvalue weighted by molar-refractivity contribution is 0.154. The van der Waals surface area contributed by atoms with Crippen LogP contribution in [0.2, 0.25) is 23.2 Å². The fourth-order valence-corrected chi connectivity index (χ4v) is 4.39. The molecule has 1 aromatic rings. The fourth-order valence-electron chi connectivity index (χ4n) is 2.04. The molecule has 0 heterocycles. The molecule has 6 heteroatoms. The van der Waals surface area contributed by atoms with Crippen LogP contribution in [0.25, 0.3) is 0 Å². The van der Waals surface area contributed by atoms with Crippen LogP contribution in [0, 0.1) is 0 Å². The number of hydrogen-bond acceptors (Lipinski definition) is 2. The van der Waals surface area contributed by atoms with Gasteiger partial charge in [0.05, 0.1) is 21.8 Å². The predicted octanol–water partition coefficient (Wildman–Crippen LogP) is 5.84. The summed E-state index contributed by atoms with van der Waals surface area (Å²) in [5, 5.41) is 0.776. The van der Waals surface area contributed by atoms with Gasteiger partial charge in [0.2, 0.25) is 0 Å². The van der Waals surface area contributed by atoms with Crippen molar-refractivity contribution in [3.8, 4) is 0 Å². The Bertz CT molecular complexity index is 608. The zero-order valence-corrected chi connectivity index (χ0v) is 19.6. The van der Waals surface area contributed by atoms with E-state index in [2.05, 4.69) is 38.6 Å². The van der Waals surface area contributed by atoms with E-state index in [1.807, 2.05) is 52.0 Å². The van der Waals surface area contributed by atoms with Gasteiger partial charge in [-0.3, -0.25) is 0 Å². The molecule has 0 aliphatic heterocycles. The van der Waals surface area contributed by atoms with Crippen LogP contribution >= 0.6 is 11.6 Å². The highest BCUT2D eigenvalue weighted by Gasteiger charge is 2.41. The Labute approximate surface area is 162 Å². The quantitative estimate of drug-likeness (QED) is 0.605. The number of hydrogen-bond donors (Lipinski definition) is 1. The van der Waals surface area contributed by atoms with Crippen molar-refractivity contribution in [1.29, 1.82) is 0 Å². The largest absolute Gasteiger partial charge is 0.408 e. The molecular formula is C19H34ClNO2SSi. The fraction of sp³-hybridized carbons (Fsp3) is 0.684. The van der Waals surface area contributed by atoms with Gasteiger partial charge in [0, 0.05) is 11.1 Å². The van der Waals surface area contributed by atoms with E-state index in [1.54, 1.807) is 0 Å². The van der Waals surface area contributed by atoms with Gasteiger partial charge in [-0.15, -0.1) is 0 Å². The molecule has 0 aliphatic rings.